The molecule has 1 heterocycles. The Bertz CT molecular complexity index is 400. The van der Waals surface area contributed by atoms with Gasteiger partial charge in [0.2, 0.25) is 5.91 Å². The topological polar surface area (TPSA) is 55.1 Å². The van der Waals surface area contributed by atoms with Gasteiger partial charge in [0.25, 0.3) is 0 Å². The molecule has 0 aromatic heterocycles. The van der Waals surface area contributed by atoms with Gasteiger partial charge in [0.05, 0.1) is 5.41 Å². The Morgan fingerprint density at radius 3 is 2.50 bits per heavy atom. The van der Waals surface area contributed by atoms with E-state index in [0.717, 1.165) is 0 Å². The van der Waals surface area contributed by atoms with Crippen molar-refractivity contribution < 1.29 is 9.18 Å². The number of hydrogen-bond acceptors (Lipinski definition) is 2. The first-order valence-electron chi connectivity index (χ1n) is 5.42. The molecule has 3 N–H and O–H groups in total. The van der Waals surface area contributed by atoms with Crippen molar-refractivity contribution in [2.24, 2.45) is 5.73 Å². The predicted molar refractivity (Wildman–Crippen MR) is 59.4 cm³/mol. The van der Waals surface area contributed by atoms with Crippen molar-refractivity contribution in [2.75, 3.05) is 13.1 Å². The standard InChI is InChI=1S/C12H15FN2O/c13-10-4-2-1-3-9(10)12(11(14)16)5-7-15-8-6-12/h1-4,15H,5-8H2,(H2,14,16). The second kappa shape index (κ2) is 4.22. The van der Waals surface area contributed by atoms with Crippen LogP contribution in [0.2, 0.25) is 0 Å². The number of amides is 1. The van der Waals surface area contributed by atoms with Crippen molar-refractivity contribution in [3.05, 3.63) is 35.6 Å². The molecule has 1 aromatic rings. The molecule has 0 saturated carbocycles. The van der Waals surface area contributed by atoms with E-state index in [0.29, 0.717) is 31.5 Å². The molecule has 86 valence electrons. The van der Waals surface area contributed by atoms with Crippen LogP contribution in [-0.4, -0.2) is 19.0 Å². The number of halogens is 1. The third kappa shape index (κ3) is 1.69. The minimum absolute atomic E-state index is 0.344. The van der Waals surface area contributed by atoms with E-state index < -0.39 is 11.3 Å². The van der Waals surface area contributed by atoms with Gasteiger partial charge in [0, 0.05) is 5.56 Å². The van der Waals surface area contributed by atoms with Crippen molar-refractivity contribution >= 4 is 5.91 Å². The molecule has 4 heteroatoms. The normalized spacial score (nSPS) is 19.3. The van der Waals surface area contributed by atoms with Crippen molar-refractivity contribution in [1.82, 2.24) is 5.32 Å². The lowest BCUT2D eigenvalue weighted by atomic mass is 9.72. The van der Waals surface area contributed by atoms with Crippen LogP contribution in [0.3, 0.4) is 0 Å². The van der Waals surface area contributed by atoms with E-state index in [1.165, 1.54) is 6.07 Å². The van der Waals surface area contributed by atoms with Gasteiger partial charge < -0.3 is 11.1 Å². The minimum Gasteiger partial charge on any atom is -0.369 e. The maximum Gasteiger partial charge on any atom is 0.228 e. The average molecular weight is 222 g/mol. The Balaban J connectivity index is 2.47. The molecule has 0 radical (unpaired) electrons. The highest BCUT2D eigenvalue weighted by Crippen LogP contribution is 2.34. The lowest BCUT2D eigenvalue weighted by Gasteiger charge is -2.35. The maximum atomic E-state index is 13.8. The smallest absolute Gasteiger partial charge is 0.228 e. The molecule has 0 aliphatic carbocycles. The van der Waals surface area contributed by atoms with Crippen LogP contribution in [0.15, 0.2) is 24.3 Å². The number of benzene rings is 1. The first kappa shape index (κ1) is 11.1. The number of hydrogen-bond donors (Lipinski definition) is 2. The SMILES string of the molecule is NC(=O)C1(c2ccccc2F)CCNCC1. The molecule has 1 aromatic carbocycles. The van der Waals surface area contributed by atoms with Gasteiger partial charge in [-0.15, -0.1) is 0 Å². The zero-order chi connectivity index (χ0) is 11.6. The minimum atomic E-state index is -0.837. The summed E-state index contributed by atoms with van der Waals surface area (Å²) in [5.74, 6) is -0.776. The van der Waals surface area contributed by atoms with Crippen molar-refractivity contribution in [1.29, 1.82) is 0 Å². The van der Waals surface area contributed by atoms with E-state index in [2.05, 4.69) is 5.32 Å². The highest BCUT2D eigenvalue weighted by atomic mass is 19.1. The molecule has 1 saturated heterocycles. The second-order valence-electron chi connectivity index (χ2n) is 4.18. The zero-order valence-electron chi connectivity index (χ0n) is 9.00. The molecule has 0 spiro atoms. The van der Waals surface area contributed by atoms with Gasteiger partial charge in [-0.3, -0.25) is 4.79 Å². The highest BCUT2D eigenvalue weighted by molar-refractivity contribution is 5.87. The Hall–Kier alpha value is -1.42. The Kier molecular flexibility index (Phi) is 2.92. The number of primary amides is 1. The summed E-state index contributed by atoms with van der Waals surface area (Å²) in [5, 5.41) is 3.15. The fourth-order valence-electron chi connectivity index (χ4n) is 2.35. The molecule has 16 heavy (non-hydrogen) atoms. The summed E-state index contributed by atoms with van der Waals surface area (Å²) in [6, 6.07) is 6.40. The summed E-state index contributed by atoms with van der Waals surface area (Å²) in [4.78, 5) is 11.7. The van der Waals surface area contributed by atoms with Crippen molar-refractivity contribution in [2.45, 2.75) is 18.3 Å². The lowest BCUT2D eigenvalue weighted by Crippen LogP contribution is -2.49. The zero-order valence-corrected chi connectivity index (χ0v) is 9.00. The summed E-state index contributed by atoms with van der Waals surface area (Å²) < 4.78 is 13.8. The first-order chi connectivity index (χ1) is 7.67. The van der Waals surface area contributed by atoms with Gasteiger partial charge in [-0.1, -0.05) is 18.2 Å². The monoisotopic (exact) mass is 222 g/mol. The van der Waals surface area contributed by atoms with Crippen LogP contribution in [0.5, 0.6) is 0 Å². The molecule has 0 unspecified atom stereocenters. The Morgan fingerprint density at radius 2 is 1.94 bits per heavy atom. The molecular formula is C12H15FN2O. The Morgan fingerprint density at radius 1 is 1.31 bits per heavy atom. The van der Waals surface area contributed by atoms with E-state index in [4.69, 9.17) is 5.73 Å². The third-order valence-electron chi connectivity index (χ3n) is 3.32. The van der Waals surface area contributed by atoms with E-state index in [1.54, 1.807) is 18.2 Å². The molecule has 0 bridgehead atoms. The molecule has 1 aliphatic rings. The summed E-state index contributed by atoms with van der Waals surface area (Å²) in [6.07, 6.45) is 1.12. The molecule has 1 fully saturated rings. The number of carbonyl (C=O) groups is 1. The summed E-state index contributed by atoms with van der Waals surface area (Å²) >= 11 is 0. The van der Waals surface area contributed by atoms with Gasteiger partial charge in [-0.2, -0.15) is 0 Å². The fraction of sp³-hybridized carbons (Fsp3) is 0.417. The number of nitrogens with one attached hydrogen (secondary N) is 1. The van der Waals surface area contributed by atoms with Gasteiger partial charge >= 0.3 is 0 Å². The van der Waals surface area contributed by atoms with E-state index in [-0.39, 0.29) is 5.82 Å². The fourth-order valence-corrected chi connectivity index (χ4v) is 2.35. The lowest BCUT2D eigenvalue weighted by molar-refractivity contribution is -0.124. The van der Waals surface area contributed by atoms with Crippen LogP contribution in [0, 0.1) is 5.82 Å². The van der Waals surface area contributed by atoms with Crippen molar-refractivity contribution in [3.8, 4) is 0 Å². The summed E-state index contributed by atoms with van der Waals surface area (Å²) in [6.45, 7) is 1.38. The largest absolute Gasteiger partial charge is 0.369 e. The molecule has 1 amide bonds. The van der Waals surface area contributed by atoms with E-state index in [9.17, 15) is 9.18 Å². The van der Waals surface area contributed by atoms with Gasteiger partial charge in [0.15, 0.2) is 0 Å². The number of rotatable bonds is 2. The van der Waals surface area contributed by atoms with Crippen LogP contribution < -0.4 is 11.1 Å². The van der Waals surface area contributed by atoms with Gasteiger partial charge in [-0.05, 0) is 32.0 Å². The van der Waals surface area contributed by atoms with Gasteiger partial charge in [-0.25, -0.2) is 4.39 Å². The van der Waals surface area contributed by atoms with Crippen LogP contribution in [0.25, 0.3) is 0 Å². The molecule has 0 atom stereocenters. The first-order valence-corrected chi connectivity index (χ1v) is 5.42. The highest BCUT2D eigenvalue weighted by Gasteiger charge is 2.41. The van der Waals surface area contributed by atoms with Crippen LogP contribution in [0.1, 0.15) is 18.4 Å². The average Bonchev–Trinajstić information content (AvgIpc) is 2.30. The van der Waals surface area contributed by atoms with Crippen LogP contribution >= 0.6 is 0 Å². The maximum absolute atomic E-state index is 13.8. The third-order valence-corrected chi connectivity index (χ3v) is 3.32. The van der Waals surface area contributed by atoms with E-state index >= 15 is 0 Å². The van der Waals surface area contributed by atoms with Gasteiger partial charge in [0.1, 0.15) is 5.82 Å². The second-order valence-corrected chi connectivity index (χ2v) is 4.18. The number of carbonyl (C=O) groups excluding carboxylic acids is 1. The molecule has 3 nitrogen and oxygen atoms in total. The molecular weight excluding hydrogens is 207 g/mol. The predicted octanol–water partition coefficient (Wildman–Crippen LogP) is 0.932. The summed E-state index contributed by atoms with van der Waals surface area (Å²) in [5.41, 5.74) is 5.07. The quantitative estimate of drug-likeness (QED) is 0.782. The van der Waals surface area contributed by atoms with Crippen molar-refractivity contribution in [3.63, 3.8) is 0 Å². The van der Waals surface area contributed by atoms with Crippen LogP contribution in [-0.2, 0) is 10.2 Å². The number of nitrogens with two attached hydrogens (primary N) is 1. The van der Waals surface area contributed by atoms with E-state index in [1.807, 2.05) is 0 Å². The number of piperidine rings is 1. The molecule has 1 aliphatic heterocycles. The summed E-state index contributed by atoms with van der Waals surface area (Å²) in [7, 11) is 0. The Labute approximate surface area is 93.8 Å². The molecule has 2 rings (SSSR count). The van der Waals surface area contributed by atoms with Crippen LogP contribution in [0.4, 0.5) is 4.39 Å².